The van der Waals surface area contributed by atoms with Gasteiger partial charge in [-0.25, -0.2) is 0 Å². The van der Waals surface area contributed by atoms with E-state index in [9.17, 15) is 0 Å². The number of halogens is 2. The Kier molecular flexibility index (Phi) is 9.56. The summed E-state index contributed by atoms with van der Waals surface area (Å²) < 4.78 is 7.17. The molecular weight excluding hydrogens is 267 g/mol. The topological polar surface area (TPSA) is 9.23 Å². The zero-order valence-electron chi connectivity index (χ0n) is 9.44. The minimum absolute atomic E-state index is 0. The second-order valence-electron chi connectivity index (χ2n) is 4.32. The van der Waals surface area contributed by atoms with Crippen LogP contribution in [0.3, 0.4) is 0 Å². The van der Waals surface area contributed by atoms with Crippen molar-refractivity contribution >= 4 is 0 Å². The number of hydrogen-bond acceptors (Lipinski definition) is 1. The molecule has 15 heavy (non-hydrogen) atoms. The number of allylic oxidation sites excluding steroid dienone is 3. The van der Waals surface area contributed by atoms with Gasteiger partial charge in [-0.05, 0) is 0 Å². The van der Waals surface area contributed by atoms with Gasteiger partial charge < -0.3 is 24.8 Å². The Labute approximate surface area is 117 Å². The summed E-state index contributed by atoms with van der Waals surface area (Å²) in [7, 11) is 0. The van der Waals surface area contributed by atoms with E-state index in [2.05, 4.69) is 53.4 Å². The van der Waals surface area contributed by atoms with Crippen LogP contribution in [-0.2, 0) is 25.2 Å². The Morgan fingerprint density at radius 3 is 2.33 bits per heavy atom. The molecule has 0 unspecified atom stereocenters. The van der Waals surface area contributed by atoms with E-state index in [-0.39, 0.29) is 30.4 Å². The van der Waals surface area contributed by atoms with E-state index < -0.39 is 0 Å². The predicted molar refractivity (Wildman–Crippen MR) is 51.1 cm³/mol. The van der Waals surface area contributed by atoms with Crippen molar-refractivity contribution in [3.8, 4) is 0 Å². The number of hydrogen-bond donors (Lipinski definition) is 0. The maximum absolute atomic E-state index is 5.67. The van der Waals surface area contributed by atoms with E-state index in [0.29, 0.717) is 0 Å². The van der Waals surface area contributed by atoms with Gasteiger partial charge in [-0.15, -0.1) is 0 Å². The van der Waals surface area contributed by atoms with Crippen molar-refractivity contribution in [3.05, 3.63) is 21.6 Å². The van der Waals surface area contributed by atoms with Crippen LogP contribution in [0, 0.1) is 0 Å². The Balaban J connectivity index is 0. The Morgan fingerprint density at radius 2 is 1.93 bits per heavy atom. The molecule has 85 valence electrons. The molecule has 0 aliphatic heterocycles. The summed E-state index contributed by atoms with van der Waals surface area (Å²) in [5, 5.41) is 0. The Bertz CT molecular complexity index is 241. The van der Waals surface area contributed by atoms with E-state index in [4.69, 9.17) is 4.74 Å². The smallest absolute Gasteiger partial charge is 1.00 e. The second kappa shape index (κ2) is 7.92. The average Bonchev–Trinajstić information content (AvgIpc) is 2.34. The van der Waals surface area contributed by atoms with Crippen LogP contribution < -0.4 is 24.8 Å². The summed E-state index contributed by atoms with van der Waals surface area (Å²) in [6.45, 7) is 7.12. The first-order valence-electron chi connectivity index (χ1n) is 4.73. The molecule has 1 nitrogen and oxygen atoms in total. The summed E-state index contributed by atoms with van der Waals surface area (Å²) in [6.07, 6.45) is 6.63. The molecule has 0 heterocycles. The molecule has 1 aliphatic carbocycles. The van der Waals surface area contributed by atoms with Crippen LogP contribution in [0.15, 0.2) is 21.6 Å². The quantitative estimate of drug-likeness (QED) is 0.501. The molecule has 1 rings (SSSR count). The average molecular weight is 284 g/mol. The van der Waals surface area contributed by atoms with Gasteiger partial charge in [0.1, 0.15) is 0 Å². The monoisotopic (exact) mass is 283 g/mol. The van der Waals surface area contributed by atoms with Gasteiger partial charge in [0.05, 0.1) is 0 Å². The molecule has 0 bridgehead atoms. The number of ether oxygens (including phenoxy) is 1. The maximum Gasteiger partial charge on any atom is -1.00 e. The van der Waals surface area contributed by atoms with Gasteiger partial charge >= 0.3 is 92.6 Å². The molecule has 0 aromatic heterocycles. The van der Waals surface area contributed by atoms with E-state index >= 15 is 0 Å². The third kappa shape index (κ3) is 7.60. The van der Waals surface area contributed by atoms with Crippen LogP contribution in [0.4, 0.5) is 0 Å². The number of rotatable bonds is 3. The maximum atomic E-state index is 5.67. The van der Waals surface area contributed by atoms with Crippen LogP contribution in [0.5, 0.6) is 0 Å². The van der Waals surface area contributed by atoms with Crippen molar-refractivity contribution in [2.75, 3.05) is 6.61 Å². The normalized spacial score (nSPS) is 15.0. The van der Waals surface area contributed by atoms with Crippen LogP contribution >= 0.6 is 0 Å². The van der Waals surface area contributed by atoms with Gasteiger partial charge in [-0.3, -0.25) is 0 Å². The van der Waals surface area contributed by atoms with Gasteiger partial charge in [0.15, 0.2) is 0 Å². The van der Waals surface area contributed by atoms with Crippen LogP contribution in [0.1, 0.15) is 33.6 Å². The van der Waals surface area contributed by atoms with Gasteiger partial charge in [0.25, 0.3) is 0 Å². The standard InChI is InChI=1S/C11H17O.2ClH.Ti/c1-11(2,3)12-9-8-10-6-4-5-7-10;;;/h4,6H,5,8-9H2,1-3H3;2*1H;/q;;;+2/p-2. The Morgan fingerprint density at radius 1 is 1.33 bits per heavy atom. The van der Waals surface area contributed by atoms with Crippen molar-refractivity contribution in [1.82, 2.24) is 0 Å². The first kappa shape index (κ1) is 18.1. The summed E-state index contributed by atoms with van der Waals surface area (Å²) in [5.74, 6) is 0. The molecule has 0 N–H and O–H groups in total. The molecule has 0 saturated carbocycles. The molecule has 4 heteroatoms. The van der Waals surface area contributed by atoms with Crippen molar-refractivity contribution in [3.63, 3.8) is 0 Å². The van der Waals surface area contributed by atoms with Crippen molar-refractivity contribution in [2.24, 2.45) is 0 Å². The third-order valence-electron chi connectivity index (χ3n) is 1.94. The van der Waals surface area contributed by atoms with Crippen molar-refractivity contribution in [2.45, 2.75) is 39.2 Å². The van der Waals surface area contributed by atoms with Crippen molar-refractivity contribution in [1.29, 1.82) is 0 Å². The second-order valence-corrected chi connectivity index (χ2v) is 5.26. The van der Waals surface area contributed by atoms with Gasteiger partial charge in [-0.2, -0.15) is 0 Å². The van der Waals surface area contributed by atoms with E-state index in [1.54, 1.807) is 0 Å². The fourth-order valence-electron chi connectivity index (χ4n) is 1.25. The summed E-state index contributed by atoms with van der Waals surface area (Å²) in [6, 6.07) is 0. The zero-order chi connectivity index (χ0) is 9.90. The van der Waals surface area contributed by atoms with E-state index in [0.717, 1.165) is 19.4 Å². The predicted octanol–water partition coefficient (Wildman–Crippen LogP) is -3.04. The summed E-state index contributed by atoms with van der Waals surface area (Å²) >= 11 is 2.20. The minimum atomic E-state index is -0.00319. The van der Waals surface area contributed by atoms with Gasteiger partial charge in [0, 0.05) is 0 Å². The molecule has 0 aromatic rings. The summed E-state index contributed by atoms with van der Waals surface area (Å²) in [4.78, 5) is 0. The van der Waals surface area contributed by atoms with E-state index in [1.807, 2.05) is 0 Å². The van der Waals surface area contributed by atoms with E-state index in [1.165, 1.54) is 9.45 Å². The molecule has 0 spiro atoms. The largest absolute Gasteiger partial charge is 1.00 e. The van der Waals surface area contributed by atoms with Crippen LogP contribution in [0.25, 0.3) is 0 Å². The zero-order valence-corrected chi connectivity index (χ0v) is 12.5. The van der Waals surface area contributed by atoms with Crippen molar-refractivity contribution < 1.29 is 50.0 Å². The first-order chi connectivity index (χ1) is 5.99. The molecule has 0 saturated heterocycles. The van der Waals surface area contributed by atoms with Crippen LogP contribution in [-0.4, -0.2) is 12.2 Å². The molecule has 0 atom stereocenters. The third-order valence-corrected chi connectivity index (χ3v) is 2.76. The molecule has 0 fully saturated rings. The molecular formula is C11H17Cl2OTi. The minimum Gasteiger partial charge on any atom is -1.00 e. The fourth-order valence-corrected chi connectivity index (χ4v) is 1.76. The molecule has 1 aliphatic rings. The van der Waals surface area contributed by atoms with Gasteiger partial charge in [0.2, 0.25) is 0 Å². The Hall–Kier alpha value is 0.734. The fraction of sp³-hybridized carbons (Fsp3) is 0.636. The first-order valence-corrected chi connectivity index (χ1v) is 5.51. The molecule has 0 aromatic carbocycles. The van der Waals surface area contributed by atoms with Gasteiger partial charge in [-0.1, -0.05) is 0 Å². The SMILES string of the molecule is CC(C)(C)OCCC1=[C]([Ti+2])CC=C1.[Cl-].[Cl-]. The van der Waals surface area contributed by atoms with Crippen LogP contribution in [0.2, 0.25) is 0 Å². The molecule has 0 radical (unpaired) electrons. The summed E-state index contributed by atoms with van der Waals surface area (Å²) in [5.41, 5.74) is 1.46. The molecule has 0 amide bonds.